The Kier molecular flexibility index (Phi) is 6.21. The molecule has 1 heterocycles. The lowest BCUT2D eigenvalue weighted by Crippen LogP contribution is -2.04. The molecule has 0 bridgehead atoms. The summed E-state index contributed by atoms with van der Waals surface area (Å²) in [6.45, 7) is 3.30. The normalized spacial score (nSPS) is 10.6. The Morgan fingerprint density at radius 1 is 1.11 bits per heavy atom. The first-order valence-electron chi connectivity index (χ1n) is 6.06. The van der Waals surface area contributed by atoms with Gasteiger partial charge in [0.15, 0.2) is 0 Å². The van der Waals surface area contributed by atoms with E-state index in [0.29, 0.717) is 12.3 Å². The predicted octanol–water partition coefficient (Wildman–Crippen LogP) is 2.10. The maximum atomic E-state index is 10.4. The third-order valence-corrected chi connectivity index (χ3v) is 4.24. The van der Waals surface area contributed by atoms with Gasteiger partial charge in [-0.3, -0.25) is 0 Å². The van der Waals surface area contributed by atoms with Gasteiger partial charge in [0, 0.05) is 11.5 Å². The second kappa shape index (κ2) is 7.68. The van der Waals surface area contributed by atoms with Crippen LogP contribution in [0.3, 0.4) is 0 Å². The summed E-state index contributed by atoms with van der Waals surface area (Å²) in [6.07, 6.45) is 2.05. The van der Waals surface area contributed by atoms with Crippen LogP contribution in [-0.4, -0.2) is 30.1 Å². The van der Waals surface area contributed by atoms with Gasteiger partial charge in [-0.1, -0.05) is 44.2 Å². The lowest BCUT2D eigenvalue weighted by molar-refractivity contribution is 0.505. The van der Waals surface area contributed by atoms with Gasteiger partial charge in [-0.15, -0.1) is 10.2 Å². The molecular weight excluding hydrogens is 264 g/mol. The van der Waals surface area contributed by atoms with Gasteiger partial charge >= 0.3 is 0 Å². The molecular formula is C13H18N2O3S. The zero-order valence-corrected chi connectivity index (χ0v) is 11.9. The number of hydrogen-bond acceptors (Lipinski definition) is 5. The minimum atomic E-state index is -2.66. The van der Waals surface area contributed by atoms with Crippen LogP contribution in [0, 0.1) is 0 Å². The van der Waals surface area contributed by atoms with Crippen LogP contribution in [0.15, 0.2) is 41.1 Å². The molecule has 19 heavy (non-hydrogen) atoms. The standard InChI is InChI=1S/C9H8N2O.C4H10O2S/c1-2-4-8(5-3-1)6-9-11-10-7-12-9;1-3-7(5,6)4-2/h1-5,7H,6H2;3-4H2,1-2H3. The summed E-state index contributed by atoms with van der Waals surface area (Å²) >= 11 is 0. The minimum Gasteiger partial charge on any atom is -0.428 e. The van der Waals surface area contributed by atoms with E-state index in [1.807, 2.05) is 30.3 Å². The van der Waals surface area contributed by atoms with Gasteiger partial charge in [-0.05, 0) is 5.56 Å². The first-order valence-corrected chi connectivity index (χ1v) is 7.89. The molecule has 5 nitrogen and oxygen atoms in total. The van der Waals surface area contributed by atoms with Crippen molar-refractivity contribution in [3.63, 3.8) is 0 Å². The highest BCUT2D eigenvalue weighted by Gasteiger charge is 1.99. The van der Waals surface area contributed by atoms with Crippen molar-refractivity contribution in [1.29, 1.82) is 0 Å². The molecule has 0 amide bonds. The first kappa shape index (κ1) is 15.4. The molecule has 2 rings (SSSR count). The Morgan fingerprint density at radius 2 is 1.74 bits per heavy atom. The molecule has 1 aromatic carbocycles. The Bertz CT molecular complexity index is 541. The summed E-state index contributed by atoms with van der Waals surface area (Å²) in [6, 6.07) is 10.0. The maximum Gasteiger partial charge on any atom is 0.220 e. The van der Waals surface area contributed by atoms with E-state index in [2.05, 4.69) is 10.2 Å². The average molecular weight is 282 g/mol. The highest BCUT2D eigenvalue weighted by Crippen LogP contribution is 2.04. The molecule has 0 saturated carbocycles. The summed E-state index contributed by atoms with van der Waals surface area (Å²) in [5.41, 5.74) is 1.18. The van der Waals surface area contributed by atoms with E-state index in [4.69, 9.17) is 4.42 Å². The van der Waals surface area contributed by atoms with Crippen molar-refractivity contribution in [2.75, 3.05) is 11.5 Å². The van der Waals surface area contributed by atoms with E-state index in [1.54, 1.807) is 13.8 Å². The molecule has 1 aromatic heterocycles. The number of aromatic nitrogens is 2. The third-order valence-electron chi connectivity index (χ3n) is 2.48. The highest BCUT2D eigenvalue weighted by atomic mass is 32.2. The molecule has 0 radical (unpaired) electrons. The van der Waals surface area contributed by atoms with E-state index in [0.717, 1.165) is 0 Å². The fraction of sp³-hybridized carbons (Fsp3) is 0.385. The van der Waals surface area contributed by atoms with Crippen LogP contribution in [0.5, 0.6) is 0 Å². The molecule has 0 fully saturated rings. The Morgan fingerprint density at radius 3 is 2.16 bits per heavy atom. The van der Waals surface area contributed by atoms with Crippen molar-refractivity contribution in [1.82, 2.24) is 10.2 Å². The molecule has 0 unspecified atom stereocenters. The molecule has 0 aliphatic rings. The monoisotopic (exact) mass is 282 g/mol. The summed E-state index contributed by atoms with van der Waals surface area (Å²) in [4.78, 5) is 0. The molecule has 0 atom stereocenters. The maximum absolute atomic E-state index is 10.4. The molecule has 0 spiro atoms. The summed E-state index contributed by atoms with van der Waals surface area (Å²) < 4.78 is 25.8. The zero-order chi connectivity index (χ0) is 14.1. The van der Waals surface area contributed by atoms with Gasteiger partial charge in [0.1, 0.15) is 9.84 Å². The van der Waals surface area contributed by atoms with Crippen LogP contribution >= 0.6 is 0 Å². The zero-order valence-electron chi connectivity index (χ0n) is 11.1. The van der Waals surface area contributed by atoms with Gasteiger partial charge in [0.25, 0.3) is 0 Å². The number of benzene rings is 1. The molecule has 0 N–H and O–H groups in total. The topological polar surface area (TPSA) is 73.1 Å². The second-order valence-electron chi connectivity index (χ2n) is 3.82. The van der Waals surface area contributed by atoms with Crippen LogP contribution < -0.4 is 0 Å². The van der Waals surface area contributed by atoms with Gasteiger partial charge < -0.3 is 4.42 Å². The van der Waals surface area contributed by atoms with Crippen molar-refractivity contribution >= 4 is 9.84 Å². The summed E-state index contributed by atoms with van der Waals surface area (Å²) in [5.74, 6) is 1.19. The quantitative estimate of drug-likeness (QED) is 0.858. The summed E-state index contributed by atoms with van der Waals surface area (Å²) in [7, 11) is -2.66. The highest BCUT2D eigenvalue weighted by molar-refractivity contribution is 7.91. The van der Waals surface area contributed by atoms with Gasteiger partial charge in [-0.25, -0.2) is 8.42 Å². The number of sulfone groups is 1. The third kappa shape index (κ3) is 6.15. The molecule has 2 aromatic rings. The number of rotatable bonds is 4. The van der Waals surface area contributed by atoms with Gasteiger partial charge in [0.05, 0.1) is 6.42 Å². The van der Waals surface area contributed by atoms with Crippen LogP contribution in [-0.2, 0) is 16.3 Å². The molecule has 0 saturated heterocycles. The lowest BCUT2D eigenvalue weighted by Gasteiger charge is -1.93. The van der Waals surface area contributed by atoms with E-state index in [1.165, 1.54) is 12.0 Å². The Labute approximate surface area is 113 Å². The minimum absolute atomic E-state index is 0.267. The molecule has 0 aliphatic carbocycles. The average Bonchev–Trinajstić information content (AvgIpc) is 2.94. The van der Waals surface area contributed by atoms with Crippen LogP contribution in [0.1, 0.15) is 25.3 Å². The van der Waals surface area contributed by atoms with Crippen LogP contribution in [0.25, 0.3) is 0 Å². The van der Waals surface area contributed by atoms with Gasteiger partial charge in [-0.2, -0.15) is 0 Å². The van der Waals surface area contributed by atoms with Crippen molar-refractivity contribution in [3.05, 3.63) is 48.2 Å². The van der Waals surface area contributed by atoms with E-state index in [9.17, 15) is 8.42 Å². The van der Waals surface area contributed by atoms with Crippen molar-refractivity contribution < 1.29 is 12.8 Å². The SMILES string of the molecule is CCS(=O)(=O)CC.c1ccc(Cc2nnco2)cc1. The Balaban J connectivity index is 0.000000224. The Hall–Kier alpha value is -1.69. The van der Waals surface area contributed by atoms with Crippen molar-refractivity contribution in [2.24, 2.45) is 0 Å². The smallest absolute Gasteiger partial charge is 0.220 e. The first-order chi connectivity index (χ1) is 9.07. The lowest BCUT2D eigenvalue weighted by atomic mass is 10.2. The second-order valence-corrected chi connectivity index (χ2v) is 6.46. The van der Waals surface area contributed by atoms with Gasteiger partial charge in [0.2, 0.25) is 12.3 Å². The van der Waals surface area contributed by atoms with E-state index >= 15 is 0 Å². The number of nitrogens with zero attached hydrogens (tertiary/aromatic N) is 2. The fourth-order valence-electron chi connectivity index (χ4n) is 1.25. The summed E-state index contributed by atoms with van der Waals surface area (Å²) in [5, 5.41) is 7.40. The van der Waals surface area contributed by atoms with Crippen LogP contribution in [0.4, 0.5) is 0 Å². The largest absolute Gasteiger partial charge is 0.428 e. The molecule has 0 aliphatic heterocycles. The van der Waals surface area contributed by atoms with E-state index < -0.39 is 9.84 Å². The fourth-order valence-corrected chi connectivity index (χ4v) is 1.66. The van der Waals surface area contributed by atoms with Crippen molar-refractivity contribution in [2.45, 2.75) is 20.3 Å². The number of hydrogen-bond donors (Lipinski definition) is 0. The molecule has 6 heteroatoms. The van der Waals surface area contributed by atoms with Crippen molar-refractivity contribution in [3.8, 4) is 0 Å². The van der Waals surface area contributed by atoms with Crippen LogP contribution in [0.2, 0.25) is 0 Å². The molecule has 104 valence electrons. The van der Waals surface area contributed by atoms with E-state index in [-0.39, 0.29) is 11.5 Å². The predicted molar refractivity (Wildman–Crippen MR) is 73.5 cm³/mol.